The third kappa shape index (κ3) is 14.9. The minimum Gasteiger partial charge on any atom is -0.384 e. The lowest BCUT2D eigenvalue weighted by Crippen LogP contribution is -2.35. The van der Waals surface area contributed by atoms with Crippen LogP contribution in [0.3, 0.4) is 0 Å². The molecule has 226 valence electrons. The molecule has 4 N–H and O–H groups in total. The summed E-state index contributed by atoms with van der Waals surface area (Å²) < 4.78 is 0. The van der Waals surface area contributed by atoms with Crippen molar-refractivity contribution >= 4 is 5.69 Å². The molecule has 0 spiro atoms. The molecular formula is C35H66N4. The van der Waals surface area contributed by atoms with E-state index in [2.05, 4.69) is 97.5 Å². The van der Waals surface area contributed by atoms with Gasteiger partial charge in [-0.05, 0) is 91.7 Å². The maximum atomic E-state index is 3.38. The quantitative estimate of drug-likeness (QED) is 0.270. The molecule has 4 heterocycles. The van der Waals surface area contributed by atoms with Gasteiger partial charge in [0.05, 0.1) is 0 Å². The van der Waals surface area contributed by atoms with Crippen molar-refractivity contribution < 1.29 is 0 Å². The van der Waals surface area contributed by atoms with Gasteiger partial charge in [0.2, 0.25) is 0 Å². The molecule has 4 aliphatic rings. The van der Waals surface area contributed by atoms with Gasteiger partial charge in [-0.1, -0.05) is 99.9 Å². The van der Waals surface area contributed by atoms with Crippen LogP contribution in [0.1, 0.15) is 99.8 Å². The van der Waals surface area contributed by atoms with E-state index in [1.54, 1.807) is 0 Å². The minimum absolute atomic E-state index is 0. The molecule has 0 unspecified atom stereocenters. The number of rotatable bonds is 0. The summed E-state index contributed by atoms with van der Waals surface area (Å²) in [4.78, 5) is 0. The molecule has 0 aliphatic carbocycles. The molecular weight excluding hydrogens is 476 g/mol. The number of piperidine rings is 2. The van der Waals surface area contributed by atoms with Crippen molar-refractivity contribution in [2.45, 2.75) is 102 Å². The molecule has 4 nitrogen and oxygen atoms in total. The molecule has 6 rings (SSSR count). The fourth-order valence-electron chi connectivity index (χ4n) is 5.08. The van der Waals surface area contributed by atoms with Gasteiger partial charge in [0.15, 0.2) is 0 Å². The van der Waals surface area contributed by atoms with Crippen molar-refractivity contribution in [1.29, 1.82) is 0 Å². The first-order chi connectivity index (χ1) is 16.8. The van der Waals surface area contributed by atoms with Crippen LogP contribution in [-0.4, -0.2) is 39.3 Å². The van der Waals surface area contributed by atoms with E-state index in [0.29, 0.717) is 10.8 Å². The highest BCUT2D eigenvalue weighted by Gasteiger charge is 2.20. The van der Waals surface area contributed by atoms with Crippen LogP contribution in [0, 0.1) is 10.8 Å². The minimum atomic E-state index is 0. The molecule has 2 saturated heterocycles. The smallest absolute Gasteiger partial charge is 0.0373 e. The molecule has 4 heteroatoms. The second-order valence-corrected chi connectivity index (χ2v) is 11.9. The standard InChI is InChI=1S/C9H11N.C8H9N.2C7H15N.4CH4/c1-2-4-9-7-10-6-5-8(9)3-1;1-2-4-8-7(3-1)5-6-9-8;2*1-7(2)4-3-5-8-6-7;;;;/h1-4,10H,5-7H2;1-4,9H,5-6H2;2*8H,3-6H2,1-2H3;4*1H4. The highest BCUT2D eigenvalue weighted by atomic mass is 14.9. The second-order valence-electron chi connectivity index (χ2n) is 11.9. The van der Waals surface area contributed by atoms with Crippen molar-refractivity contribution in [1.82, 2.24) is 16.0 Å². The van der Waals surface area contributed by atoms with Crippen LogP contribution in [0.2, 0.25) is 0 Å². The third-order valence-corrected chi connectivity index (χ3v) is 7.35. The lowest BCUT2D eigenvalue weighted by Gasteiger charge is -2.29. The van der Waals surface area contributed by atoms with Gasteiger partial charge in [0, 0.05) is 31.9 Å². The molecule has 0 aromatic heterocycles. The monoisotopic (exact) mass is 543 g/mol. The summed E-state index contributed by atoms with van der Waals surface area (Å²) in [5.41, 5.74) is 6.89. The van der Waals surface area contributed by atoms with Crippen LogP contribution in [0.15, 0.2) is 48.5 Å². The fraction of sp³-hybridized carbons (Fsp3) is 0.657. The first-order valence-electron chi connectivity index (χ1n) is 13.9. The van der Waals surface area contributed by atoms with Crippen molar-refractivity contribution in [2.24, 2.45) is 10.8 Å². The van der Waals surface area contributed by atoms with Crippen LogP contribution in [0.25, 0.3) is 0 Å². The van der Waals surface area contributed by atoms with E-state index < -0.39 is 0 Å². The Kier molecular flexibility index (Phi) is 20.2. The average molecular weight is 543 g/mol. The molecule has 2 aromatic rings. The average Bonchev–Trinajstić information content (AvgIpc) is 3.34. The van der Waals surface area contributed by atoms with E-state index >= 15 is 0 Å². The van der Waals surface area contributed by atoms with Gasteiger partial charge < -0.3 is 21.3 Å². The van der Waals surface area contributed by atoms with E-state index in [1.807, 2.05) is 0 Å². The topological polar surface area (TPSA) is 48.1 Å². The summed E-state index contributed by atoms with van der Waals surface area (Å²) in [6.45, 7) is 17.4. The Hall–Kier alpha value is -1.88. The number of anilines is 1. The van der Waals surface area contributed by atoms with Gasteiger partial charge in [-0.2, -0.15) is 0 Å². The van der Waals surface area contributed by atoms with Gasteiger partial charge in [0.25, 0.3) is 0 Å². The van der Waals surface area contributed by atoms with Gasteiger partial charge in [-0.15, -0.1) is 0 Å². The van der Waals surface area contributed by atoms with Gasteiger partial charge in [0.1, 0.15) is 0 Å². The molecule has 2 aromatic carbocycles. The van der Waals surface area contributed by atoms with Crippen LogP contribution in [-0.2, 0) is 19.4 Å². The van der Waals surface area contributed by atoms with Crippen molar-refractivity contribution in [2.75, 3.05) is 44.6 Å². The van der Waals surface area contributed by atoms with Crippen LogP contribution >= 0.6 is 0 Å². The Labute approximate surface area is 244 Å². The summed E-state index contributed by atoms with van der Waals surface area (Å²) in [5.74, 6) is 0. The highest BCUT2D eigenvalue weighted by Crippen LogP contribution is 2.24. The van der Waals surface area contributed by atoms with Crippen LogP contribution in [0.5, 0.6) is 0 Å². The molecule has 0 saturated carbocycles. The van der Waals surface area contributed by atoms with E-state index in [4.69, 9.17) is 0 Å². The van der Waals surface area contributed by atoms with Crippen molar-refractivity contribution in [3.05, 3.63) is 65.2 Å². The summed E-state index contributed by atoms with van der Waals surface area (Å²) in [5, 5.41) is 13.4. The summed E-state index contributed by atoms with van der Waals surface area (Å²) >= 11 is 0. The SMILES string of the molecule is C.C.C.C.CC1(C)CCCNC1.CC1(C)CCCNC1.c1ccc2c(c1)CCN2.c1ccc2c(c1)CCNC2. The zero-order chi connectivity index (χ0) is 25.0. The van der Waals surface area contributed by atoms with Gasteiger partial charge in [-0.25, -0.2) is 0 Å². The first-order valence-corrected chi connectivity index (χ1v) is 13.9. The predicted molar refractivity (Wildman–Crippen MR) is 179 cm³/mol. The molecule has 2 fully saturated rings. The van der Waals surface area contributed by atoms with Crippen molar-refractivity contribution in [3.8, 4) is 0 Å². The Morgan fingerprint density at radius 1 is 0.538 bits per heavy atom. The summed E-state index contributed by atoms with van der Waals surface area (Å²) in [6.07, 6.45) is 7.87. The summed E-state index contributed by atoms with van der Waals surface area (Å²) in [7, 11) is 0. The lowest BCUT2D eigenvalue weighted by molar-refractivity contribution is 0.265. The molecule has 0 radical (unpaired) electrons. The molecule has 0 bridgehead atoms. The Morgan fingerprint density at radius 3 is 1.46 bits per heavy atom. The number of para-hydroxylation sites is 1. The molecule has 0 amide bonds. The zero-order valence-electron chi connectivity index (χ0n) is 22.8. The number of hydrogen-bond donors (Lipinski definition) is 4. The van der Waals surface area contributed by atoms with E-state index in [-0.39, 0.29) is 29.7 Å². The second kappa shape index (κ2) is 20.1. The largest absolute Gasteiger partial charge is 0.384 e. The Bertz CT molecular complexity index is 788. The highest BCUT2D eigenvalue weighted by molar-refractivity contribution is 5.54. The van der Waals surface area contributed by atoms with Crippen LogP contribution in [0.4, 0.5) is 5.69 Å². The van der Waals surface area contributed by atoms with E-state index in [1.165, 1.54) is 87.1 Å². The molecule has 4 aliphatic heterocycles. The first kappa shape index (κ1) is 39.3. The fourth-order valence-corrected chi connectivity index (χ4v) is 5.08. The van der Waals surface area contributed by atoms with E-state index in [9.17, 15) is 0 Å². The maximum Gasteiger partial charge on any atom is 0.0373 e. The summed E-state index contributed by atoms with van der Waals surface area (Å²) in [6, 6.07) is 17.1. The third-order valence-electron chi connectivity index (χ3n) is 7.35. The van der Waals surface area contributed by atoms with Gasteiger partial charge in [-0.3, -0.25) is 0 Å². The van der Waals surface area contributed by atoms with Gasteiger partial charge >= 0.3 is 0 Å². The normalized spacial score (nSPS) is 19.0. The van der Waals surface area contributed by atoms with Crippen molar-refractivity contribution in [3.63, 3.8) is 0 Å². The van der Waals surface area contributed by atoms with E-state index in [0.717, 1.165) is 19.6 Å². The number of benzene rings is 2. The zero-order valence-corrected chi connectivity index (χ0v) is 22.8. The molecule has 39 heavy (non-hydrogen) atoms. The molecule has 0 atom stereocenters. The lowest BCUT2D eigenvalue weighted by atomic mass is 9.85. The maximum absolute atomic E-state index is 3.38. The van der Waals surface area contributed by atoms with Crippen LogP contribution < -0.4 is 21.3 Å². The Balaban J connectivity index is 0. The predicted octanol–water partition coefficient (Wildman–Crippen LogP) is 8.32. The Morgan fingerprint density at radius 2 is 1.03 bits per heavy atom. The number of fused-ring (bicyclic) bond motifs is 2. The number of hydrogen-bond acceptors (Lipinski definition) is 4. The number of nitrogens with one attached hydrogen (secondary N) is 4.